The van der Waals surface area contributed by atoms with E-state index in [2.05, 4.69) is 27.7 Å². The molecule has 362 valence electrons. The fraction of sp³-hybridized carbons (Fsp3) is 1.00. The van der Waals surface area contributed by atoms with Gasteiger partial charge in [-0.1, -0.05) is 27.7 Å². The second-order valence-electron chi connectivity index (χ2n) is 21.5. The lowest BCUT2D eigenvalue weighted by Crippen LogP contribution is -2.67. The molecule has 9 fully saturated rings. The molecule has 0 aromatic rings. The second-order valence-corrected chi connectivity index (χ2v) is 21.5. The molecule has 10 N–H and O–H groups in total. The number of fused-ring (bicyclic) bond motifs is 7. The molecular formula is C45H74O18. The lowest BCUT2D eigenvalue weighted by molar-refractivity contribution is -0.390. The summed E-state index contributed by atoms with van der Waals surface area (Å²) in [6, 6.07) is 0. The minimum absolute atomic E-state index is 0.134. The Hall–Kier alpha value is -0.720. The molecule has 0 unspecified atom stereocenters. The molecule has 1 spiro atoms. The van der Waals surface area contributed by atoms with Crippen molar-refractivity contribution in [1.82, 2.24) is 0 Å². The van der Waals surface area contributed by atoms with E-state index >= 15 is 0 Å². The molecule has 9 rings (SSSR count). The van der Waals surface area contributed by atoms with Gasteiger partial charge in [0.05, 0.1) is 38.6 Å². The Morgan fingerprint density at radius 2 is 1.16 bits per heavy atom. The maximum absolute atomic E-state index is 11.5. The number of rotatable bonds is 9. The van der Waals surface area contributed by atoms with Crippen molar-refractivity contribution < 1.29 is 89.0 Å². The normalized spacial score (nSPS) is 58.2. The fourth-order valence-electron chi connectivity index (χ4n) is 14.7. The molecule has 5 saturated heterocycles. The fourth-order valence-corrected chi connectivity index (χ4v) is 14.7. The predicted molar refractivity (Wildman–Crippen MR) is 216 cm³/mol. The van der Waals surface area contributed by atoms with E-state index in [-0.39, 0.29) is 23.0 Å². The Morgan fingerprint density at radius 3 is 1.84 bits per heavy atom. The molecule has 63 heavy (non-hydrogen) atoms. The molecule has 18 nitrogen and oxygen atoms in total. The van der Waals surface area contributed by atoms with Crippen LogP contribution in [-0.2, 0) is 37.9 Å². The molecule has 4 aliphatic carbocycles. The van der Waals surface area contributed by atoms with Crippen molar-refractivity contribution in [3.05, 3.63) is 0 Å². The molecule has 0 radical (unpaired) electrons. The van der Waals surface area contributed by atoms with E-state index in [0.717, 1.165) is 58.0 Å². The molecular weight excluding hydrogens is 828 g/mol. The van der Waals surface area contributed by atoms with Crippen molar-refractivity contribution in [2.24, 2.45) is 52.3 Å². The van der Waals surface area contributed by atoms with E-state index in [0.29, 0.717) is 41.4 Å². The Balaban J connectivity index is 0.833. The van der Waals surface area contributed by atoms with E-state index < -0.39 is 118 Å². The first kappa shape index (κ1) is 47.4. The van der Waals surface area contributed by atoms with Crippen LogP contribution in [0.1, 0.15) is 91.9 Å². The molecule has 5 aliphatic heterocycles. The molecule has 0 amide bonds. The Kier molecular flexibility index (Phi) is 13.5. The predicted octanol–water partition coefficient (Wildman–Crippen LogP) is -0.734. The van der Waals surface area contributed by atoms with Crippen molar-refractivity contribution >= 4 is 0 Å². The van der Waals surface area contributed by atoms with Crippen LogP contribution in [0.15, 0.2) is 0 Å². The smallest absolute Gasteiger partial charge is 0.187 e. The third kappa shape index (κ3) is 7.88. The van der Waals surface area contributed by atoms with E-state index in [1.54, 1.807) is 0 Å². The van der Waals surface area contributed by atoms with Crippen molar-refractivity contribution in [3.8, 4) is 0 Å². The minimum atomic E-state index is -1.89. The van der Waals surface area contributed by atoms with Gasteiger partial charge in [-0.15, -0.1) is 0 Å². The number of ether oxygens (including phenoxy) is 8. The lowest BCUT2D eigenvalue weighted by atomic mass is 9.44. The Labute approximate surface area is 369 Å². The standard InChI is InChI=1S/C45H74O18/c1-19-7-12-45(56-18-19)20(2)30-26(63-45)14-25-23-6-5-21-13-22(8-10-43(21,3)24(23)9-11-44(25,30)4)57-40-37(55)35(53)38(29(17-48)60-40)61-42-39(34(52)32(50)28(16-47)59-42)62-41-36(54)33(51)31(49)27(15-46)58-41/h19-42,46-55H,5-18H2,1-4H3/t19-,20-,21-,22+,23+,24-,25+,26-,27+,28+,29+,30-,31+,32+,33-,34-,35+,36+,37+,38-,39+,40+,41-,42-,43+,44+,45+/m0/s1. The van der Waals surface area contributed by atoms with E-state index in [9.17, 15) is 51.1 Å². The van der Waals surface area contributed by atoms with Crippen molar-refractivity contribution in [2.75, 3.05) is 26.4 Å². The Bertz CT molecular complexity index is 1570. The van der Waals surface area contributed by atoms with E-state index in [1.807, 2.05) is 0 Å². The van der Waals surface area contributed by atoms with Gasteiger partial charge in [0.2, 0.25) is 0 Å². The van der Waals surface area contributed by atoms with Crippen LogP contribution in [0.5, 0.6) is 0 Å². The summed E-state index contributed by atoms with van der Waals surface area (Å²) >= 11 is 0. The third-order valence-electron chi connectivity index (χ3n) is 18.3. The first-order chi connectivity index (χ1) is 30.0. The third-order valence-corrected chi connectivity index (χ3v) is 18.3. The molecule has 4 saturated carbocycles. The van der Waals surface area contributed by atoms with Gasteiger partial charge in [-0.05, 0) is 104 Å². The van der Waals surface area contributed by atoms with Gasteiger partial charge in [0, 0.05) is 12.3 Å². The average molecular weight is 903 g/mol. The monoisotopic (exact) mass is 902 g/mol. The summed E-state index contributed by atoms with van der Waals surface area (Å²) in [5.74, 6) is 3.29. The zero-order valence-corrected chi connectivity index (χ0v) is 37.0. The summed E-state index contributed by atoms with van der Waals surface area (Å²) in [6.07, 6.45) is -14.2. The summed E-state index contributed by atoms with van der Waals surface area (Å²) in [5.41, 5.74) is 0.364. The molecule has 9 aliphatic rings. The minimum Gasteiger partial charge on any atom is -0.394 e. The van der Waals surface area contributed by atoms with Crippen LogP contribution < -0.4 is 0 Å². The quantitative estimate of drug-likeness (QED) is 0.128. The van der Waals surface area contributed by atoms with Gasteiger partial charge >= 0.3 is 0 Å². The van der Waals surface area contributed by atoms with Gasteiger partial charge < -0.3 is 89.0 Å². The van der Waals surface area contributed by atoms with Gasteiger partial charge in [-0.2, -0.15) is 0 Å². The zero-order valence-electron chi connectivity index (χ0n) is 37.0. The zero-order chi connectivity index (χ0) is 44.9. The largest absolute Gasteiger partial charge is 0.394 e. The van der Waals surface area contributed by atoms with Gasteiger partial charge in [0.1, 0.15) is 73.2 Å². The lowest BCUT2D eigenvalue weighted by Gasteiger charge is -2.61. The Morgan fingerprint density at radius 1 is 0.556 bits per heavy atom. The van der Waals surface area contributed by atoms with Gasteiger partial charge in [-0.25, -0.2) is 0 Å². The number of hydrogen-bond acceptors (Lipinski definition) is 18. The topological polar surface area (TPSA) is 276 Å². The highest BCUT2D eigenvalue weighted by atomic mass is 16.8. The van der Waals surface area contributed by atoms with Crippen molar-refractivity contribution in [3.63, 3.8) is 0 Å². The van der Waals surface area contributed by atoms with Crippen LogP contribution in [-0.4, -0.2) is 188 Å². The molecule has 27 atom stereocenters. The van der Waals surface area contributed by atoms with Crippen LogP contribution in [0.3, 0.4) is 0 Å². The highest BCUT2D eigenvalue weighted by Crippen LogP contribution is 2.71. The molecule has 18 heteroatoms. The number of aliphatic hydroxyl groups excluding tert-OH is 10. The molecule has 0 aromatic carbocycles. The molecule has 0 bridgehead atoms. The average Bonchev–Trinajstić information content (AvgIpc) is 3.72. The first-order valence-electron chi connectivity index (χ1n) is 23.8. The summed E-state index contributed by atoms with van der Waals surface area (Å²) < 4.78 is 49.0. The first-order valence-corrected chi connectivity index (χ1v) is 23.8. The number of aliphatic hydroxyl groups is 10. The van der Waals surface area contributed by atoms with Crippen LogP contribution >= 0.6 is 0 Å². The maximum Gasteiger partial charge on any atom is 0.187 e. The highest BCUT2D eigenvalue weighted by molar-refractivity contribution is 5.15. The van der Waals surface area contributed by atoms with Crippen molar-refractivity contribution in [2.45, 2.75) is 202 Å². The van der Waals surface area contributed by atoms with Gasteiger partial charge in [-0.3, -0.25) is 0 Å². The molecule has 5 heterocycles. The maximum atomic E-state index is 11.5. The van der Waals surface area contributed by atoms with E-state index in [4.69, 9.17) is 37.9 Å². The van der Waals surface area contributed by atoms with Crippen LogP contribution in [0.25, 0.3) is 0 Å². The van der Waals surface area contributed by atoms with Crippen LogP contribution in [0.2, 0.25) is 0 Å². The second kappa shape index (κ2) is 18.0. The van der Waals surface area contributed by atoms with Crippen molar-refractivity contribution in [1.29, 1.82) is 0 Å². The highest BCUT2D eigenvalue weighted by Gasteiger charge is 2.69. The number of hydrogen-bond donors (Lipinski definition) is 10. The van der Waals surface area contributed by atoms with E-state index in [1.165, 1.54) is 12.8 Å². The van der Waals surface area contributed by atoms with Gasteiger partial charge in [0.15, 0.2) is 24.7 Å². The summed E-state index contributed by atoms with van der Waals surface area (Å²) in [5, 5.41) is 106. The van der Waals surface area contributed by atoms with Crippen LogP contribution in [0, 0.1) is 52.3 Å². The van der Waals surface area contributed by atoms with Crippen LogP contribution in [0.4, 0.5) is 0 Å². The summed E-state index contributed by atoms with van der Waals surface area (Å²) in [7, 11) is 0. The summed E-state index contributed by atoms with van der Waals surface area (Å²) in [6.45, 7) is 8.23. The summed E-state index contributed by atoms with van der Waals surface area (Å²) in [4.78, 5) is 0. The van der Waals surface area contributed by atoms with Gasteiger partial charge in [0.25, 0.3) is 0 Å². The molecule has 0 aromatic heterocycles. The SMILES string of the molecule is C[C@H]1CC[C@@]2(OC1)O[C@H]1C[C@@H]3[C@@H]4CC[C@H]5C[C@H](O[C@@H]6O[C@H](CO)[C@H](O[C@@H]7O[C@H](CO)[C@@H](O)[C@H](O)[C@H]7O[C@@H]7O[C@H](CO)[C@@H](O)[C@H](O)[C@H]7O)[C@H](O)[C@H]6O)CC[C@@]5(C)[C@H]4CC[C@@]3(C)[C@H]1[C@@H]2C.